The predicted octanol–water partition coefficient (Wildman–Crippen LogP) is 3.29. The number of carbonyl (C=O) groups excluding carboxylic acids is 1. The zero-order valence-corrected chi connectivity index (χ0v) is 15.4. The van der Waals surface area contributed by atoms with E-state index in [1.165, 1.54) is 16.7 Å². The summed E-state index contributed by atoms with van der Waals surface area (Å²) in [5.41, 5.74) is 4.26. The van der Waals surface area contributed by atoms with Crippen LogP contribution in [0.2, 0.25) is 0 Å². The van der Waals surface area contributed by atoms with E-state index in [9.17, 15) is 4.79 Å². The summed E-state index contributed by atoms with van der Waals surface area (Å²) in [7, 11) is 0. The van der Waals surface area contributed by atoms with Gasteiger partial charge in [-0.25, -0.2) is 0 Å². The van der Waals surface area contributed by atoms with E-state index >= 15 is 0 Å². The van der Waals surface area contributed by atoms with Crippen LogP contribution in [-0.2, 0) is 16.6 Å². The molecule has 1 unspecified atom stereocenters. The molecule has 23 heavy (non-hydrogen) atoms. The molecule has 1 aliphatic rings. The number of nitrogens with one attached hydrogen (secondary N) is 1. The van der Waals surface area contributed by atoms with Gasteiger partial charge in [0.25, 0.3) is 0 Å². The van der Waals surface area contributed by atoms with Crippen molar-refractivity contribution < 1.29 is 4.79 Å². The zero-order chi connectivity index (χ0) is 17.0. The number of aryl methyl sites for hydroxylation is 1. The SMILES string of the molecule is Cc1ccc(C(C)(C)C)cc1CC(C)CC(=O)N1CCNCC1. The summed E-state index contributed by atoms with van der Waals surface area (Å²) in [6, 6.07) is 6.79. The Morgan fingerprint density at radius 1 is 1.26 bits per heavy atom. The molecule has 0 aliphatic carbocycles. The Balaban J connectivity index is 1.99. The fourth-order valence-electron chi connectivity index (χ4n) is 3.15. The molecule has 1 atom stereocenters. The second kappa shape index (κ2) is 7.48. The van der Waals surface area contributed by atoms with Crippen LogP contribution in [0.4, 0.5) is 0 Å². The normalized spacial score (nSPS) is 17.2. The first kappa shape index (κ1) is 18.0. The van der Waals surface area contributed by atoms with E-state index in [-0.39, 0.29) is 5.41 Å². The molecule has 3 heteroatoms. The minimum atomic E-state index is 0.169. The maximum Gasteiger partial charge on any atom is 0.222 e. The van der Waals surface area contributed by atoms with Crippen molar-refractivity contribution in [1.82, 2.24) is 10.2 Å². The van der Waals surface area contributed by atoms with Crippen LogP contribution in [-0.4, -0.2) is 37.0 Å². The highest BCUT2D eigenvalue weighted by Gasteiger charge is 2.20. The first-order valence-corrected chi connectivity index (χ1v) is 8.86. The Bertz CT molecular complexity index is 539. The maximum atomic E-state index is 12.4. The second-order valence-corrected chi connectivity index (χ2v) is 8.04. The molecule has 128 valence electrons. The van der Waals surface area contributed by atoms with Crippen LogP contribution in [0.5, 0.6) is 0 Å². The lowest BCUT2D eigenvalue weighted by Crippen LogP contribution is -2.46. The third kappa shape index (κ3) is 5.07. The van der Waals surface area contributed by atoms with E-state index in [1.807, 2.05) is 4.90 Å². The van der Waals surface area contributed by atoms with E-state index in [4.69, 9.17) is 0 Å². The highest BCUT2D eigenvalue weighted by Crippen LogP contribution is 2.26. The Morgan fingerprint density at radius 2 is 1.91 bits per heavy atom. The summed E-state index contributed by atoms with van der Waals surface area (Å²) < 4.78 is 0. The lowest BCUT2D eigenvalue weighted by Gasteiger charge is -2.28. The highest BCUT2D eigenvalue weighted by molar-refractivity contribution is 5.76. The molecule has 0 bridgehead atoms. The molecule has 0 radical (unpaired) electrons. The third-order valence-corrected chi connectivity index (χ3v) is 4.78. The largest absolute Gasteiger partial charge is 0.340 e. The van der Waals surface area contributed by atoms with Gasteiger partial charge >= 0.3 is 0 Å². The lowest BCUT2D eigenvalue weighted by molar-refractivity contribution is -0.132. The summed E-state index contributed by atoms with van der Waals surface area (Å²) >= 11 is 0. The maximum absolute atomic E-state index is 12.4. The van der Waals surface area contributed by atoms with E-state index in [2.05, 4.69) is 58.1 Å². The third-order valence-electron chi connectivity index (χ3n) is 4.78. The topological polar surface area (TPSA) is 32.3 Å². The van der Waals surface area contributed by atoms with Gasteiger partial charge in [0.1, 0.15) is 0 Å². The molecule has 1 saturated heterocycles. The Kier molecular flexibility index (Phi) is 5.85. The van der Waals surface area contributed by atoms with Crippen molar-refractivity contribution in [3.8, 4) is 0 Å². The van der Waals surface area contributed by atoms with Crippen LogP contribution in [0.1, 0.15) is 50.8 Å². The van der Waals surface area contributed by atoms with Crippen LogP contribution in [0.25, 0.3) is 0 Å². The number of hydrogen-bond donors (Lipinski definition) is 1. The molecular weight excluding hydrogens is 284 g/mol. The van der Waals surface area contributed by atoms with Gasteiger partial charge in [-0.05, 0) is 41.4 Å². The van der Waals surface area contributed by atoms with Crippen LogP contribution in [0.3, 0.4) is 0 Å². The van der Waals surface area contributed by atoms with Crippen LogP contribution < -0.4 is 5.32 Å². The summed E-state index contributed by atoms with van der Waals surface area (Å²) in [4.78, 5) is 14.4. The van der Waals surface area contributed by atoms with Gasteiger partial charge in [-0.1, -0.05) is 45.9 Å². The molecule has 1 aliphatic heterocycles. The van der Waals surface area contributed by atoms with Crippen molar-refractivity contribution in [3.05, 3.63) is 34.9 Å². The standard InChI is InChI=1S/C20H32N2O/c1-15(13-19(23)22-10-8-21-9-11-22)12-17-14-18(20(3,4)5)7-6-16(17)2/h6-7,14-15,21H,8-13H2,1-5H3. The molecular formula is C20H32N2O. The number of piperazine rings is 1. The highest BCUT2D eigenvalue weighted by atomic mass is 16.2. The number of rotatable bonds is 4. The van der Waals surface area contributed by atoms with Crippen molar-refractivity contribution in [2.24, 2.45) is 5.92 Å². The van der Waals surface area contributed by atoms with Crippen molar-refractivity contribution in [1.29, 1.82) is 0 Å². The number of amides is 1. The molecule has 1 amide bonds. The second-order valence-electron chi connectivity index (χ2n) is 8.04. The minimum absolute atomic E-state index is 0.169. The van der Waals surface area contributed by atoms with E-state index in [1.54, 1.807) is 0 Å². The number of nitrogens with zero attached hydrogens (tertiary/aromatic N) is 1. The fraction of sp³-hybridized carbons (Fsp3) is 0.650. The molecule has 1 N–H and O–H groups in total. The summed E-state index contributed by atoms with van der Waals surface area (Å²) in [5.74, 6) is 0.690. The van der Waals surface area contributed by atoms with Crippen LogP contribution in [0.15, 0.2) is 18.2 Å². The molecule has 0 spiro atoms. The van der Waals surface area contributed by atoms with E-state index in [0.717, 1.165) is 32.6 Å². The van der Waals surface area contributed by atoms with Gasteiger partial charge in [0, 0.05) is 32.6 Å². The first-order valence-electron chi connectivity index (χ1n) is 8.86. The molecule has 1 aromatic rings. The average Bonchev–Trinajstić information content (AvgIpc) is 2.49. The van der Waals surface area contributed by atoms with Crippen LogP contribution in [0, 0.1) is 12.8 Å². The number of hydrogen-bond acceptors (Lipinski definition) is 2. The Morgan fingerprint density at radius 3 is 2.52 bits per heavy atom. The molecule has 3 nitrogen and oxygen atoms in total. The quantitative estimate of drug-likeness (QED) is 0.924. The molecule has 2 rings (SSSR count). The van der Waals surface area contributed by atoms with Gasteiger partial charge in [-0.15, -0.1) is 0 Å². The summed E-state index contributed by atoms with van der Waals surface area (Å²) in [6.45, 7) is 14.7. The van der Waals surface area contributed by atoms with Gasteiger partial charge in [-0.3, -0.25) is 4.79 Å². The lowest BCUT2D eigenvalue weighted by atomic mass is 9.83. The molecule has 1 fully saturated rings. The van der Waals surface area contributed by atoms with Gasteiger partial charge in [-0.2, -0.15) is 0 Å². The van der Waals surface area contributed by atoms with Gasteiger partial charge < -0.3 is 10.2 Å². The zero-order valence-electron chi connectivity index (χ0n) is 15.4. The minimum Gasteiger partial charge on any atom is -0.340 e. The van der Waals surface area contributed by atoms with E-state index < -0.39 is 0 Å². The number of carbonyl (C=O) groups is 1. The monoisotopic (exact) mass is 316 g/mol. The van der Waals surface area contributed by atoms with Gasteiger partial charge in [0.05, 0.1) is 0 Å². The van der Waals surface area contributed by atoms with Crippen molar-refractivity contribution in [3.63, 3.8) is 0 Å². The molecule has 1 heterocycles. The van der Waals surface area contributed by atoms with Crippen molar-refractivity contribution in [2.45, 2.75) is 52.9 Å². The first-order chi connectivity index (χ1) is 10.8. The Labute approximate surface area is 141 Å². The van der Waals surface area contributed by atoms with Crippen LogP contribution >= 0.6 is 0 Å². The fourth-order valence-corrected chi connectivity index (χ4v) is 3.15. The van der Waals surface area contributed by atoms with Gasteiger partial charge in [0.2, 0.25) is 5.91 Å². The number of benzene rings is 1. The smallest absolute Gasteiger partial charge is 0.222 e. The molecule has 1 aromatic carbocycles. The average molecular weight is 316 g/mol. The Hall–Kier alpha value is -1.35. The van der Waals surface area contributed by atoms with Crippen molar-refractivity contribution >= 4 is 5.91 Å². The summed E-state index contributed by atoms with van der Waals surface area (Å²) in [6.07, 6.45) is 1.63. The van der Waals surface area contributed by atoms with Crippen molar-refractivity contribution in [2.75, 3.05) is 26.2 Å². The molecule has 0 aromatic heterocycles. The summed E-state index contributed by atoms with van der Waals surface area (Å²) in [5, 5.41) is 3.30. The van der Waals surface area contributed by atoms with E-state index in [0.29, 0.717) is 18.2 Å². The van der Waals surface area contributed by atoms with Gasteiger partial charge in [0.15, 0.2) is 0 Å². The molecule has 0 saturated carbocycles. The predicted molar refractivity (Wildman–Crippen MR) is 96.8 cm³/mol.